The highest BCUT2D eigenvalue weighted by atomic mass is 35.5. The van der Waals surface area contributed by atoms with E-state index in [1.165, 1.54) is 0 Å². The van der Waals surface area contributed by atoms with Gasteiger partial charge in [-0.15, -0.1) is 0 Å². The van der Waals surface area contributed by atoms with Crippen LogP contribution >= 0.6 is 11.6 Å². The third-order valence-electron chi connectivity index (χ3n) is 3.73. The molecule has 3 aromatic rings. The van der Waals surface area contributed by atoms with Crippen LogP contribution in [-0.4, -0.2) is 16.8 Å². The van der Waals surface area contributed by atoms with E-state index < -0.39 is 5.91 Å². The molecule has 0 spiro atoms. The molecule has 3 N–H and O–H groups in total. The largest absolute Gasteiger partial charge is 0.361 e. The molecule has 1 heterocycles. The normalized spacial score (nSPS) is 10.5. The first-order chi connectivity index (χ1) is 11.6. The van der Waals surface area contributed by atoms with Crippen molar-refractivity contribution in [1.29, 1.82) is 0 Å². The van der Waals surface area contributed by atoms with Crippen molar-refractivity contribution in [2.24, 2.45) is 0 Å². The van der Waals surface area contributed by atoms with Gasteiger partial charge in [-0.25, -0.2) is 0 Å². The molecule has 0 atom stereocenters. The number of aromatic amines is 1. The fourth-order valence-corrected chi connectivity index (χ4v) is 2.71. The molecule has 2 amide bonds. The Morgan fingerprint density at radius 1 is 1.00 bits per heavy atom. The Morgan fingerprint density at radius 3 is 2.58 bits per heavy atom. The van der Waals surface area contributed by atoms with Crippen molar-refractivity contribution in [3.63, 3.8) is 0 Å². The fraction of sp³-hybridized carbons (Fsp3) is 0.111. The first-order valence-corrected chi connectivity index (χ1v) is 7.91. The fourth-order valence-electron chi connectivity index (χ4n) is 2.49. The second-order valence-corrected chi connectivity index (χ2v) is 5.75. The van der Waals surface area contributed by atoms with Gasteiger partial charge in [-0.3, -0.25) is 20.4 Å². The minimum Gasteiger partial charge on any atom is -0.361 e. The van der Waals surface area contributed by atoms with Gasteiger partial charge >= 0.3 is 0 Å². The highest BCUT2D eigenvalue weighted by Crippen LogP contribution is 2.19. The zero-order valence-corrected chi connectivity index (χ0v) is 13.6. The van der Waals surface area contributed by atoms with Crippen molar-refractivity contribution in [1.82, 2.24) is 15.8 Å². The predicted molar refractivity (Wildman–Crippen MR) is 93.7 cm³/mol. The number of fused-ring (bicyclic) bond motifs is 1. The van der Waals surface area contributed by atoms with E-state index in [9.17, 15) is 9.59 Å². The summed E-state index contributed by atoms with van der Waals surface area (Å²) in [5.74, 6) is -0.707. The minimum absolute atomic E-state index is 0.263. The topological polar surface area (TPSA) is 74.0 Å². The van der Waals surface area contributed by atoms with Crippen molar-refractivity contribution in [3.8, 4) is 0 Å². The maximum absolute atomic E-state index is 12.0. The number of hydrazine groups is 1. The number of nitrogens with one attached hydrogen (secondary N) is 3. The Hall–Kier alpha value is -2.79. The molecule has 122 valence electrons. The summed E-state index contributed by atoms with van der Waals surface area (Å²) in [7, 11) is 0. The molecule has 0 fully saturated rings. The summed E-state index contributed by atoms with van der Waals surface area (Å²) in [6, 6.07) is 14.6. The monoisotopic (exact) mass is 341 g/mol. The summed E-state index contributed by atoms with van der Waals surface area (Å²) in [5, 5.41) is 1.44. The second kappa shape index (κ2) is 7.19. The Kier molecular flexibility index (Phi) is 4.82. The van der Waals surface area contributed by atoms with Crippen LogP contribution in [0, 0.1) is 0 Å². The molecular weight excluding hydrogens is 326 g/mol. The number of benzene rings is 2. The van der Waals surface area contributed by atoms with Crippen molar-refractivity contribution in [2.75, 3.05) is 0 Å². The lowest BCUT2D eigenvalue weighted by Crippen LogP contribution is -2.41. The van der Waals surface area contributed by atoms with Crippen molar-refractivity contribution >= 4 is 34.3 Å². The zero-order chi connectivity index (χ0) is 16.9. The van der Waals surface area contributed by atoms with Crippen LogP contribution in [0.2, 0.25) is 5.02 Å². The van der Waals surface area contributed by atoms with Crippen LogP contribution in [0.25, 0.3) is 10.9 Å². The van der Waals surface area contributed by atoms with Gasteiger partial charge in [0.15, 0.2) is 0 Å². The molecule has 2 aromatic carbocycles. The number of aryl methyl sites for hydroxylation is 1. The Labute approximate surface area is 144 Å². The minimum atomic E-state index is -0.443. The van der Waals surface area contributed by atoms with Gasteiger partial charge in [-0.2, -0.15) is 0 Å². The summed E-state index contributed by atoms with van der Waals surface area (Å²) < 4.78 is 0. The molecule has 0 unspecified atom stereocenters. The van der Waals surface area contributed by atoms with Gasteiger partial charge in [0.05, 0.1) is 10.6 Å². The van der Waals surface area contributed by atoms with Crippen LogP contribution < -0.4 is 10.9 Å². The number of carbonyl (C=O) groups is 2. The zero-order valence-electron chi connectivity index (χ0n) is 12.8. The molecule has 5 nitrogen and oxygen atoms in total. The molecule has 0 radical (unpaired) electrons. The quantitative estimate of drug-likeness (QED) is 0.637. The smallest absolute Gasteiger partial charge is 0.271 e. The molecule has 0 aliphatic heterocycles. The average molecular weight is 342 g/mol. The van der Waals surface area contributed by atoms with Gasteiger partial charge in [-0.05, 0) is 30.2 Å². The highest BCUT2D eigenvalue weighted by molar-refractivity contribution is 6.33. The number of rotatable bonds is 4. The van der Waals surface area contributed by atoms with Crippen LogP contribution in [0.1, 0.15) is 22.3 Å². The number of amides is 2. The van der Waals surface area contributed by atoms with Crippen LogP contribution in [-0.2, 0) is 11.2 Å². The summed E-state index contributed by atoms with van der Waals surface area (Å²) >= 11 is 5.94. The average Bonchev–Trinajstić information content (AvgIpc) is 3.01. The van der Waals surface area contributed by atoms with Gasteiger partial charge in [-0.1, -0.05) is 41.9 Å². The lowest BCUT2D eigenvalue weighted by molar-refractivity contribution is -0.121. The number of aromatic nitrogens is 1. The molecule has 0 bridgehead atoms. The van der Waals surface area contributed by atoms with Gasteiger partial charge in [0.2, 0.25) is 5.91 Å². The van der Waals surface area contributed by atoms with E-state index >= 15 is 0 Å². The maximum atomic E-state index is 12.0. The number of halogens is 1. The molecule has 0 saturated heterocycles. The van der Waals surface area contributed by atoms with Gasteiger partial charge < -0.3 is 4.98 Å². The van der Waals surface area contributed by atoms with E-state index in [1.807, 2.05) is 30.5 Å². The van der Waals surface area contributed by atoms with Gasteiger partial charge in [0.25, 0.3) is 5.91 Å². The molecule has 1 aromatic heterocycles. The Balaban J connectivity index is 1.53. The van der Waals surface area contributed by atoms with E-state index in [0.717, 1.165) is 16.5 Å². The third-order valence-corrected chi connectivity index (χ3v) is 4.06. The number of H-pyrrole nitrogens is 1. The van der Waals surface area contributed by atoms with Crippen LogP contribution in [0.15, 0.2) is 54.7 Å². The van der Waals surface area contributed by atoms with E-state index in [-0.39, 0.29) is 12.3 Å². The number of hydrogen-bond acceptors (Lipinski definition) is 2. The van der Waals surface area contributed by atoms with Crippen molar-refractivity contribution in [2.45, 2.75) is 12.8 Å². The van der Waals surface area contributed by atoms with Crippen LogP contribution in [0.3, 0.4) is 0 Å². The van der Waals surface area contributed by atoms with E-state index in [2.05, 4.69) is 15.8 Å². The van der Waals surface area contributed by atoms with Gasteiger partial charge in [0.1, 0.15) is 0 Å². The third kappa shape index (κ3) is 3.58. The summed E-state index contributed by atoms with van der Waals surface area (Å²) in [4.78, 5) is 27.1. The Morgan fingerprint density at radius 2 is 1.75 bits per heavy atom. The summed E-state index contributed by atoms with van der Waals surface area (Å²) in [6.07, 6.45) is 2.75. The molecule has 0 aliphatic carbocycles. The molecule has 6 heteroatoms. The maximum Gasteiger partial charge on any atom is 0.271 e. The lowest BCUT2D eigenvalue weighted by atomic mass is 10.1. The molecule has 3 rings (SSSR count). The van der Waals surface area contributed by atoms with E-state index in [0.29, 0.717) is 17.0 Å². The van der Waals surface area contributed by atoms with Gasteiger partial charge in [0, 0.05) is 23.5 Å². The number of carbonyl (C=O) groups excluding carboxylic acids is 2. The van der Waals surface area contributed by atoms with E-state index in [1.54, 1.807) is 24.3 Å². The van der Waals surface area contributed by atoms with Crippen molar-refractivity contribution < 1.29 is 9.59 Å². The summed E-state index contributed by atoms with van der Waals surface area (Å²) in [6.45, 7) is 0. The number of hydrogen-bond donors (Lipinski definition) is 3. The molecule has 24 heavy (non-hydrogen) atoms. The molecule has 0 aliphatic rings. The SMILES string of the molecule is O=C(CCc1c[nH]c2ccccc12)NNC(=O)c1ccccc1Cl. The van der Waals surface area contributed by atoms with Crippen LogP contribution in [0.4, 0.5) is 0 Å². The first-order valence-electron chi connectivity index (χ1n) is 7.54. The summed E-state index contributed by atoms with van der Waals surface area (Å²) in [5.41, 5.74) is 7.21. The van der Waals surface area contributed by atoms with E-state index in [4.69, 9.17) is 11.6 Å². The lowest BCUT2D eigenvalue weighted by Gasteiger charge is -2.08. The number of para-hydroxylation sites is 1. The molecular formula is C18H16ClN3O2. The van der Waals surface area contributed by atoms with Crippen molar-refractivity contribution in [3.05, 3.63) is 70.9 Å². The Bertz CT molecular complexity index is 889. The second-order valence-electron chi connectivity index (χ2n) is 5.34. The predicted octanol–water partition coefficient (Wildman–Crippen LogP) is 3.22. The van der Waals surface area contributed by atoms with Crippen LogP contribution in [0.5, 0.6) is 0 Å². The standard InChI is InChI=1S/C18H16ClN3O2/c19-15-7-3-1-6-14(15)18(24)22-21-17(23)10-9-12-11-20-16-8-4-2-5-13(12)16/h1-8,11,20H,9-10H2,(H,21,23)(H,22,24). The molecule has 0 saturated carbocycles. The first kappa shape index (κ1) is 16.1. The highest BCUT2D eigenvalue weighted by Gasteiger charge is 2.11.